The summed E-state index contributed by atoms with van der Waals surface area (Å²) in [4.78, 5) is 22.9. The van der Waals surface area contributed by atoms with Gasteiger partial charge in [0.25, 0.3) is 0 Å². The molecule has 0 spiro atoms. The number of aliphatic hydroxyl groups excluding tert-OH is 2. The maximum atomic E-state index is 11.5. The molecule has 4 N–H and O–H groups in total. The summed E-state index contributed by atoms with van der Waals surface area (Å²) in [7, 11) is 0. The lowest BCUT2D eigenvalue weighted by Crippen LogP contribution is -2.33. The lowest BCUT2D eigenvalue weighted by atomic mass is 10.2. The molecular formula is C26H34N2O6. The van der Waals surface area contributed by atoms with Crippen LogP contribution in [0.3, 0.4) is 0 Å². The average molecular weight is 471 g/mol. The lowest BCUT2D eigenvalue weighted by molar-refractivity contribution is 0.132. The number of carbonyl (C=O) groups is 2. The molecule has 2 aliphatic rings. The largest absolute Gasteiger partial charge is 0.445 e. The van der Waals surface area contributed by atoms with Gasteiger partial charge in [0.2, 0.25) is 0 Å². The van der Waals surface area contributed by atoms with Crippen LogP contribution in [0.1, 0.15) is 49.7 Å². The van der Waals surface area contributed by atoms with Crippen LogP contribution in [0, 0.1) is 0 Å². The predicted octanol–water partition coefficient (Wildman–Crippen LogP) is 3.65. The first kappa shape index (κ1) is 25.5. The van der Waals surface area contributed by atoms with Crippen LogP contribution in [-0.2, 0) is 22.7 Å². The Morgan fingerprint density at radius 3 is 1.38 bits per heavy atom. The predicted molar refractivity (Wildman–Crippen MR) is 127 cm³/mol. The fraction of sp³-hybridized carbons (Fsp3) is 0.462. The first-order valence-electron chi connectivity index (χ1n) is 11.8. The summed E-state index contributed by atoms with van der Waals surface area (Å²) < 4.78 is 10.2. The maximum absolute atomic E-state index is 11.5. The molecule has 8 nitrogen and oxygen atoms in total. The minimum atomic E-state index is -0.409. The van der Waals surface area contributed by atoms with Gasteiger partial charge in [0.1, 0.15) is 13.2 Å². The third-order valence-corrected chi connectivity index (χ3v) is 5.88. The normalized spacial score (nSPS) is 23.4. The van der Waals surface area contributed by atoms with E-state index in [9.17, 15) is 19.8 Å². The number of alkyl carbamates (subject to hydrolysis) is 2. The summed E-state index contributed by atoms with van der Waals surface area (Å²) in [5.74, 6) is 0. The zero-order chi connectivity index (χ0) is 24.2. The Morgan fingerprint density at radius 1 is 0.676 bits per heavy atom. The van der Waals surface area contributed by atoms with Crippen LogP contribution in [0.4, 0.5) is 9.59 Å². The van der Waals surface area contributed by atoms with E-state index in [4.69, 9.17) is 9.47 Å². The summed E-state index contributed by atoms with van der Waals surface area (Å²) in [6, 6.07) is 19.2. The molecular weight excluding hydrogens is 436 g/mol. The highest BCUT2D eigenvalue weighted by molar-refractivity contribution is 5.68. The fourth-order valence-electron chi connectivity index (χ4n) is 4.04. The van der Waals surface area contributed by atoms with Crippen LogP contribution >= 0.6 is 0 Å². The van der Waals surface area contributed by atoms with Crippen LogP contribution in [0.25, 0.3) is 0 Å². The molecule has 184 valence electrons. The topological polar surface area (TPSA) is 117 Å². The number of hydrogen-bond acceptors (Lipinski definition) is 6. The van der Waals surface area contributed by atoms with E-state index in [0.29, 0.717) is 12.8 Å². The van der Waals surface area contributed by atoms with Crippen molar-refractivity contribution in [2.24, 2.45) is 0 Å². The average Bonchev–Trinajstić information content (AvgIpc) is 3.45. The van der Waals surface area contributed by atoms with Gasteiger partial charge < -0.3 is 30.3 Å². The second kappa shape index (κ2) is 13.6. The molecule has 2 amide bonds. The van der Waals surface area contributed by atoms with Gasteiger partial charge in [-0.1, -0.05) is 60.7 Å². The number of nitrogens with one attached hydrogen (secondary N) is 2. The zero-order valence-corrected chi connectivity index (χ0v) is 19.3. The molecule has 0 radical (unpaired) electrons. The fourth-order valence-corrected chi connectivity index (χ4v) is 4.04. The van der Waals surface area contributed by atoms with E-state index in [1.807, 2.05) is 60.7 Å². The molecule has 0 saturated heterocycles. The third-order valence-electron chi connectivity index (χ3n) is 5.88. The van der Waals surface area contributed by atoms with E-state index in [1.54, 1.807) is 0 Å². The van der Waals surface area contributed by atoms with E-state index < -0.39 is 12.2 Å². The third kappa shape index (κ3) is 9.41. The van der Waals surface area contributed by atoms with Crippen LogP contribution < -0.4 is 10.6 Å². The van der Waals surface area contributed by atoms with Gasteiger partial charge in [0.05, 0.1) is 12.2 Å². The molecule has 2 fully saturated rings. The molecule has 4 atom stereocenters. The Bertz CT molecular complexity index is 806. The summed E-state index contributed by atoms with van der Waals surface area (Å²) >= 11 is 0. The number of rotatable bonds is 6. The Morgan fingerprint density at radius 2 is 1.06 bits per heavy atom. The number of carbonyl (C=O) groups excluding carboxylic acids is 2. The molecule has 2 saturated carbocycles. The van der Waals surface area contributed by atoms with Crippen molar-refractivity contribution in [1.82, 2.24) is 10.6 Å². The van der Waals surface area contributed by atoms with Crippen molar-refractivity contribution in [2.75, 3.05) is 0 Å². The minimum Gasteiger partial charge on any atom is -0.445 e. The quantitative estimate of drug-likeness (QED) is 0.512. The number of ether oxygens (including phenoxy) is 2. The van der Waals surface area contributed by atoms with E-state index in [1.165, 1.54) is 0 Å². The van der Waals surface area contributed by atoms with Gasteiger partial charge in [-0.3, -0.25) is 0 Å². The van der Waals surface area contributed by atoms with E-state index in [2.05, 4.69) is 10.6 Å². The van der Waals surface area contributed by atoms with Crippen molar-refractivity contribution in [3.05, 3.63) is 71.8 Å². The van der Waals surface area contributed by atoms with Gasteiger partial charge in [0, 0.05) is 12.1 Å². The van der Waals surface area contributed by atoms with Crippen LogP contribution in [0.15, 0.2) is 60.7 Å². The van der Waals surface area contributed by atoms with Crippen LogP contribution in [0.5, 0.6) is 0 Å². The molecule has 0 aliphatic heterocycles. The molecule has 34 heavy (non-hydrogen) atoms. The maximum Gasteiger partial charge on any atom is 0.407 e. The van der Waals surface area contributed by atoms with E-state index >= 15 is 0 Å². The molecule has 4 rings (SSSR count). The van der Waals surface area contributed by atoms with E-state index in [0.717, 1.165) is 36.8 Å². The first-order chi connectivity index (χ1) is 16.5. The van der Waals surface area contributed by atoms with Crippen LogP contribution in [0.2, 0.25) is 0 Å². The molecule has 8 heteroatoms. The van der Waals surface area contributed by atoms with Gasteiger partial charge in [0.15, 0.2) is 0 Å². The lowest BCUT2D eigenvalue weighted by Gasteiger charge is -2.12. The molecule has 2 aliphatic carbocycles. The molecule has 0 heterocycles. The highest BCUT2D eigenvalue weighted by atomic mass is 16.6. The van der Waals surface area contributed by atoms with E-state index in [-0.39, 0.29) is 37.5 Å². The summed E-state index contributed by atoms with van der Waals surface area (Å²) in [6.07, 6.45) is 3.02. The number of aliphatic hydroxyl groups is 2. The van der Waals surface area contributed by atoms with Crippen LogP contribution in [-0.4, -0.2) is 46.7 Å². The van der Waals surface area contributed by atoms with Gasteiger partial charge in [-0.15, -0.1) is 0 Å². The summed E-state index contributed by atoms with van der Waals surface area (Å²) in [6.45, 7) is 0.559. The summed E-state index contributed by atoms with van der Waals surface area (Å²) in [5, 5.41) is 24.2. The number of benzene rings is 2. The highest BCUT2D eigenvalue weighted by Crippen LogP contribution is 2.19. The molecule has 0 bridgehead atoms. The zero-order valence-electron chi connectivity index (χ0n) is 19.3. The number of amides is 2. The monoisotopic (exact) mass is 470 g/mol. The van der Waals surface area contributed by atoms with Crippen molar-refractivity contribution < 1.29 is 29.3 Å². The van der Waals surface area contributed by atoms with Crippen molar-refractivity contribution in [3.63, 3.8) is 0 Å². The van der Waals surface area contributed by atoms with Crippen molar-refractivity contribution in [1.29, 1.82) is 0 Å². The Hall–Kier alpha value is -3.10. The SMILES string of the molecule is O=C(N[C@@H]1CC[C@@H](O)C1)OCc1ccccc1.O=C(N[C@H]1CC[C@H](O)C1)OCc1ccccc1. The standard InChI is InChI=1S/2C13H17NO3/c2*15-12-7-6-11(8-12)14-13(16)17-9-10-4-2-1-3-5-10/h2*1-5,11-12,15H,6-9H2,(H,14,16)/t2*11-,12-/m10/s1. The second-order valence-electron chi connectivity index (χ2n) is 8.74. The first-order valence-corrected chi connectivity index (χ1v) is 11.8. The van der Waals surface area contributed by atoms with Crippen molar-refractivity contribution >= 4 is 12.2 Å². The summed E-state index contributed by atoms with van der Waals surface area (Å²) in [5.41, 5.74) is 1.93. The highest BCUT2D eigenvalue weighted by Gasteiger charge is 2.25. The Balaban J connectivity index is 0.000000191. The van der Waals surface area contributed by atoms with Gasteiger partial charge in [-0.25, -0.2) is 9.59 Å². The van der Waals surface area contributed by atoms with Gasteiger partial charge in [-0.05, 0) is 49.7 Å². The van der Waals surface area contributed by atoms with Gasteiger partial charge >= 0.3 is 12.2 Å². The molecule has 0 aromatic heterocycles. The molecule has 2 aromatic carbocycles. The molecule has 2 aromatic rings. The Labute approximate surface area is 200 Å². The number of hydrogen-bond donors (Lipinski definition) is 4. The minimum absolute atomic E-state index is 0.0493. The van der Waals surface area contributed by atoms with Crippen molar-refractivity contribution in [3.8, 4) is 0 Å². The smallest absolute Gasteiger partial charge is 0.407 e. The van der Waals surface area contributed by atoms with Crippen molar-refractivity contribution in [2.45, 2.75) is 76.0 Å². The second-order valence-corrected chi connectivity index (χ2v) is 8.74. The molecule has 0 unspecified atom stereocenters. The van der Waals surface area contributed by atoms with Gasteiger partial charge in [-0.2, -0.15) is 0 Å². The Kier molecular flexibility index (Phi) is 10.2.